The molecule has 1 aliphatic rings. The fourth-order valence-corrected chi connectivity index (χ4v) is 1.89. The quantitative estimate of drug-likeness (QED) is 0.780. The molecule has 0 bridgehead atoms. The molecule has 0 amide bonds. The number of piperidine rings is 1. The van der Waals surface area contributed by atoms with Crippen LogP contribution in [0.3, 0.4) is 0 Å². The van der Waals surface area contributed by atoms with Crippen molar-refractivity contribution in [3.8, 4) is 0 Å². The SMILES string of the molecule is O=C(O)Cc1cc(N2CCCCC2)n[nH]1. The molecule has 1 aliphatic heterocycles. The van der Waals surface area contributed by atoms with Gasteiger partial charge in [0.1, 0.15) is 0 Å². The van der Waals surface area contributed by atoms with Crippen LogP contribution in [-0.4, -0.2) is 34.4 Å². The minimum absolute atomic E-state index is 0.0147. The van der Waals surface area contributed by atoms with Gasteiger partial charge in [-0.1, -0.05) is 0 Å². The predicted octanol–water partition coefficient (Wildman–Crippen LogP) is 1.03. The van der Waals surface area contributed by atoms with Crippen molar-refractivity contribution in [2.75, 3.05) is 18.0 Å². The second kappa shape index (κ2) is 4.33. The molecule has 1 aromatic rings. The van der Waals surface area contributed by atoms with E-state index in [4.69, 9.17) is 5.11 Å². The Morgan fingerprint density at radius 2 is 2.20 bits per heavy atom. The lowest BCUT2D eigenvalue weighted by Gasteiger charge is -2.26. The number of carboxylic acids is 1. The van der Waals surface area contributed by atoms with Gasteiger partial charge in [0, 0.05) is 24.8 Å². The van der Waals surface area contributed by atoms with Crippen molar-refractivity contribution < 1.29 is 9.90 Å². The Kier molecular flexibility index (Phi) is 2.89. The zero-order chi connectivity index (χ0) is 10.7. The predicted molar refractivity (Wildman–Crippen MR) is 56.0 cm³/mol. The molecule has 0 saturated carbocycles. The number of H-pyrrole nitrogens is 1. The number of nitrogens with zero attached hydrogens (tertiary/aromatic N) is 2. The van der Waals surface area contributed by atoms with Gasteiger partial charge in [0.15, 0.2) is 5.82 Å². The summed E-state index contributed by atoms with van der Waals surface area (Å²) in [5.74, 6) is 0.0507. The number of aliphatic carboxylic acids is 1. The number of hydrogen-bond donors (Lipinski definition) is 2. The minimum Gasteiger partial charge on any atom is -0.481 e. The van der Waals surface area contributed by atoms with E-state index in [1.807, 2.05) is 6.07 Å². The molecule has 1 fully saturated rings. The van der Waals surface area contributed by atoms with Crippen LogP contribution in [0, 0.1) is 0 Å². The lowest BCUT2D eigenvalue weighted by Crippen LogP contribution is -2.29. The van der Waals surface area contributed by atoms with Crippen LogP contribution in [0.2, 0.25) is 0 Å². The summed E-state index contributed by atoms with van der Waals surface area (Å²) in [4.78, 5) is 12.7. The average molecular weight is 209 g/mol. The standard InChI is InChI=1S/C10H15N3O2/c14-10(15)7-8-6-9(12-11-8)13-4-2-1-3-5-13/h6H,1-5,7H2,(H,11,12)(H,14,15). The van der Waals surface area contributed by atoms with Crippen LogP contribution in [-0.2, 0) is 11.2 Å². The second-order valence-electron chi connectivity index (χ2n) is 3.87. The molecule has 1 saturated heterocycles. The molecule has 2 N–H and O–H groups in total. The van der Waals surface area contributed by atoms with Crippen molar-refractivity contribution in [1.82, 2.24) is 10.2 Å². The molecule has 15 heavy (non-hydrogen) atoms. The van der Waals surface area contributed by atoms with Crippen LogP contribution in [0.4, 0.5) is 5.82 Å². The molecule has 5 heteroatoms. The van der Waals surface area contributed by atoms with Crippen molar-refractivity contribution >= 4 is 11.8 Å². The summed E-state index contributed by atoms with van der Waals surface area (Å²) >= 11 is 0. The minimum atomic E-state index is -0.830. The first-order valence-corrected chi connectivity index (χ1v) is 5.27. The molecule has 0 radical (unpaired) electrons. The summed E-state index contributed by atoms with van der Waals surface area (Å²) < 4.78 is 0. The Morgan fingerprint density at radius 1 is 1.47 bits per heavy atom. The first kappa shape index (κ1) is 10.0. The number of carbonyl (C=O) groups is 1. The van der Waals surface area contributed by atoms with Gasteiger partial charge in [-0.15, -0.1) is 0 Å². The Hall–Kier alpha value is -1.52. The third kappa shape index (κ3) is 2.49. The Balaban J connectivity index is 2.02. The molecule has 0 spiro atoms. The van der Waals surface area contributed by atoms with Crippen molar-refractivity contribution in [1.29, 1.82) is 0 Å². The maximum atomic E-state index is 10.5. The van der Waals surface area contributed by atoms with Crippen LogP contribution in [0.5, 0.6) is 0 Å². The lowest BCUT2D eigenvalue weighted by molar-refractivity contribution is -0.136. The summed E-state index contributed by atoms with van der Waals surface area (Å²) in [5.41, 5.74) is 0.670. The van der Waals surface area contributed by atoms with E-state index in [9.17, 15) is 4.79 Å². The highest BCUT2D eigenvalue weighted by Crippen LogP contribution is 2.18. The summed E-state index contributed by atoms with van der Waals surface area (Å²) in [7, 11) is 0. The summed E-state index contributed by atoms with van der Waals surface area (Å²) in [6.07, 6.45) is 3.69. The maximum absolute atomic E-state index is 10.5. The monoisotopic (exact) mass is 209 g/mol. The third-order valence-electron chi connectivity index (χ3n) is 2.64. The molecule has 5 nitrogen and oxygen atoms in total. The van der Waals surface area contributed by atoms with Gasteiger partial charge in [0.25, 0.3) is 0 Å². The first-order valence-electron chi connectivity index (χ1n) is 5.27. The van der Waals surface area contributed by atoms with Crippen molar-refractivity contribution in [2.24, 2.45) is 0 Å². The summed E-state index contributed by atoms with van der Waals surface area (Å²) in [6, 6.07) is 1.83. The molecule has 0 atom stereocenters. The van der Waals surface area contributed by atoms with Crippen molar-refractivity contribution in [3.63, 3.8) is 0 Å². The molecule has 2 rings (SSSR count). The van der Waals surface area contributed by atoms with E-state index in [0.29, 0.717) is 5.69 Å². The van der Waals surface area contributed by atoms with Gasteiger partial charge in [0.2, 0.25) is 0 Å². The highest BCUT2D eigenvalue weighted by Gasteiger charge is 2.14. The van der Waals surface area contributed by atoms with E-state index in [1.54, 1.807) is 0 Å². The van der Waals surface area contributed by atoms with Crippen LogP contribution >= 0.6 is 0 Å². The normalized spacial score (nSPS) is 16.7. The van der Waals surface area contributed by atoms with Gasteiger partial charge in [-0.05, 0) is 19.3 Å². The molecule has 2 heterocycles. The number of anilines is 1. The molecule has 82 valence electrons. The number of nitrogens with one attached hydrogen (secondary N) is 1. The molecule has 0 unspecified atom stereocenters. The van der Waals surface area contributed by atoms with E-state index >= 15 is 0 Å². The summed E-state index contributed by atoms with van der Waals surface area (Å²) in [5, 5.41) is 15.5. The average Bonchev–Trinajstić information content (AvgIpc) is 2.67. The number of aromatic nitrogens is 2. The second-order valence-corrected chi connectivity index (χ2v) is 3.87. The van der Waals surface area contributed by atoms with Crippen molar-refractivity contribution in [3.05, 3.63) is 11.8 Å². The number of aromatic amines is 1. The fraction of sp³-hybridized carbons (Fsp3) is 0.600. The van der Waals surface area contributed by atoms with Crippen LogP contribution < -0.4 is 4.90 Å². The Morgan fingerprint density at radius 3 is 2.87 bits per heavy atom. The van der Waals surface area contributed by atoms with E-state index < -0.39 is 5.97 Å². The zero-order valence-corrected chi connectivity index (χ0v) is 8.57. The Labute approximate surface area is 88.1 Å². The van der Waals surface area contributed by atoms with Gasteiger partial charge in [-0.3, -0.25) is 9.89 Å². The van der Waals surface area contributed by atoms with E-state index in [0.717, 1.165) is 18.9 Å². The topological polar surface area (TPSA) is 69.2 Å². The third-order valence-corrected chi connectivity index (χ3v) is 2.64. The highest BCUT2D eigenvalue weighted by molar-refractivity contribution is 5.69. The summed E-state index contributed by atoms with van der Waals surface area (Å²) in [6.45, 7) is 2.05. The number of hydrogen-bond acceptors (Lipinski definition) is 3. The van der Waals surface area contributed by atoms with Gasteiger partial charge < -0.3 is 10.0 Å². The largest absolute Gasteiger partial charge is 0.481 e. The first-order chi connectivity index (χ1) is 7.25. The number of rotatable bonds is 3. The van der Waals surface area contributed by atoms with Gasteiger partial charge in [-0.2, -0.15) is 5.10 Å². The zero-order valence-electron chi connectivity index (χ0n) is 8.57. The smallest absolute Gasteiger partial charge is 0.309 e. The van der Waals surface area contributed by atoms with Crippen LogP contribution in [0.1, 0.15) is 25.0 Å². The molecular weight excluding hydrogens is 194 g/mol. The molecule has 0 aromatic carbocycles. The van der Waals surface area contributed by atoms with Gasteiger partial charge in [0.05, 0.1) is 6.42 Å². The number of carboxylic acid groups (broad SMARTS) is 1. The molecule has 0 aliphatic carbocycles. The van der Waals surface area contributed by atoms with Gasteiger partial charge >= 0.3 is 5.97 Å². The Bertz CT molecular complexity index is 342. The van der Waals surface area contributed by atoms with Gasteiger partial charge in [-0.25, -0.2) is 0 Å². The van der Waals surface area contributed by atoms with Crippen LogP contribution in [0.25, 0.3) is 0 Å². The maximum Gasteiger partial charge on any atom is 0.309 e. The van der Waals surface area contributed by atoms with E-state index in [-0.39, 0.29) is 6.42 Å². The van der Waals surface area contributed by atoms with Crippen molar-refractivity contribution in [2.45, 2.75) is 25.7 Å². The molecule has 1 aromatic heterocycles. The fourth-order valence-electron chi connectivity index (χ4n) is 1.89. The van der Waals surface area contributed by atoms with E-state index in [2.05, 4.69) is 15.1 Å². The van der Waals surface area contributed by atoms with E-state index in [1.165, 1.54) is 19.3 Å². The van der Waals surface area contributed by atoms with Crippen LogP contribution in [0.15, 0.2) is 6.07 Å². The highest BCUT2D eigenvalue weighted by atomic mass is 16.4. The molecular formula is C10H15N3O2. The lowest BCUT2D eigenvalue weighted by atomic mass is 10.1.